The Labute approximate surface area is 103 Å². The average Bonchev–Trinajstić information content (AvgIpc) is 2.78. The number of nitrogens with zero attached hydrogens (tertiary/aromatic N) is 2. The van der Waals surface area contributed by atoms with Crippen LogP contribution in [0.1, 0.15) is 6.42 Å². The van der Waals surface area contributed by atoms with Crippen LogP contribution < -0.4 is 5.32 Å². The lowest BCUT2D eigenvalue weighted by Gasteiger charge is -2.14. The maximum absolute atomic E-state index is 10.8. The standard InChI is InChI=1S/C11H13N3O4/c15-11(16)13-6-5-8(7-13)12-9-3-1-2-4-10(9)14(17)18/h1-4,8,12H,5-7H2,(H,15,16)/t8-/m1/s1. The number of hydrogen-bond acceptors (Lipinski definition) is 4. The van der Waals surface area contributed by atoms with E-state index in [1.54, 1.807) is 18.2 Å². The van der Waals surface area contributed by atoms with Gasteiger partial charge in [0.05, 0.1) is 4.92 Å². The van der Waals surface area contributed by atoms with Gasteiger partial charge in [-0.05, 0) is 12.5 Å². The van der Waals surface area contributed by atoms with Crippen molar-refractivity contribution >= 4 is 17.5 Å². The molecule has 1 atom stereocenters. The van der Waals surface area contributed by atoms with Crippen molar-refractivity contribution in [2.75, 3.05) is 18.4 Å². The fourth-order valence-corrected chi connectivity index (χ4v) is 2.03. The van der Waals surface area contributed by atoms with Gasteiger partial charge < -0.3 is 15.3 Å². The molecule has 0 bridgehead atoms. The zero-order valence-electron chi connectivity index (χ0n) is 9.57. The zero-order chi connectivity index (χ0) is 13.1. The van der Waals surface area contributed by atoms with Gasteiger partial charge in [-0.3, -0.25) is 10.1 Å². The third-order valence-corrected chi connectivity index (χ3v) is 2.92. The van der Waals surface area contributed by atoms with E-state index in [2.05, 4.69) is 5.32 Å². The van der Waals surface area contributed by atoms with E-state index in [9.17, 15) is 14.9 Å². The number of rotatable bonds is 3. The summed E-state index contributed by atoms with van der Waals surface area (Å²) in [6.45, 7) is 0.801. The van der Waals surface area contributed by atoms with E-state index in [0.717, 1.165) is 0 Å². The summed E-state index contributed by atoms with van der Waals surface area (Å²) in [5, 5.41) is 22.7. The van der Waals surface area contributed by atoms with Crippen molar-refractivity contribution in [3.63, 3.8) is 0 Å². The van der Waals surface area contributed by atoms with Crippen molar-refractivity contribution < 1.29 is 14.8 Å². The molecule has 2 N–H and O–H groups in total. The summed E-state index contributed by atoms with van der Waals surface area (Å²) >= 11 is 0. The van der Waals surface area contributed by atoms with E-state index in [4.69, 9.17) is 5.11 Å². The molecule has 2 rings (SSSR count). The first-order valence-electron chi connectivity index (χ1n) is 5.56. The van der Waals surface area contributed by atoms with Crippen LogP contribution in [-0.4, -0.2) is 40.2 Å². The Bertz CT molecular complexity index is 477. The molecule has 0 aliphatic carbocycles. The number of nitro groups is 1. The van der Waals surface area contributed by atoms with Crippen LogP contribution in [0.15, 0.2) is 24.3 Å². The molecule has 1 aromatic rings. The Hall–Kier alpha value is -2.31. The van der Waals surface area contributed by atoms with Crippen LogP contribution in [0.3, 0.4) is 0 Å². The predicted octanol–water partition coefficient (Wildman–Crippen LogP) is 1.76. The van der Waals surface area contributed by atoms with Crippen LogP contribution >= 0.6 is 0 Å². The van der Waals surface area contributed by atoms with Gasteiger partial charge >= 0.3 is 6.09 Å². The van der Waals surface area contributed by atoms with Gasteiger partial charge in [-0.25, -0.2) is 4.79 Å². The molecule has 0 unspecified atom stereocenters. The van der Waals surface area contributed by atoms with Gasteiger partial charge in [-0.2, -0.15) is 0 Å². The SMILES string of the molecule is O=C(O)N1CC[C@@H](Nc2ccccc2[N+](=O)[O-])C1. The van der Waals surface area contributed by atoms with E-state index in [1.165, 1.54) is 11.0 Å². The zero-order valence-corrected chi connectivity index (χ0v) is 9.57. The van der Waals surface area contributed by atoms with Gasteiger partial charge in [0, 0.05) is 25.2 Å². The Balaban J connectivity index is 2.07. The van der Waals surface area contributed by atoms with Crippen LogP contribution in [-0.2, 0) is 0 Å². The minimum atomic E-state index is -0.957. The lowest BCUT2D eigenvalue weighted by Crippen LogP contribution is -2.30. The Morgan fingerprint density at radius 2 is 2.22 bits per heavy atom. The van der Waals surface area contributed by atoms with E-state index in [0.29, 0.717) is 25.2 Å². The number of benzene rings is 1. The first-order chi connectivity index (χ1) is 8.58. The number of hydrogen-bond donors (Lipinski definition) is 2. The molecule has 1 fully saturated rings. The molecule has 1 saturated heterocycles. The highest BCUT2D eigenvalue weighted by molar-refractivity contribution is 5.66. The van der Waals surface area contributed by atoms with Crippen LogP contribution in [0.25, 0.3) is 0 Å². The smallest absolute Gasteiger partial charge is 0.407 e. The molecule has 1 aromatic carbocycles. The molecule has 18 heavy (non-hydrogen) atoms. The summed E-state index contributed by atoms with van der Waals surface area (Å²) in [6, 6.07) is 6.27. The molecule has 0 radical (unpaired) electrons. The Morgan fingerprint density at radius 3 is 2.83 bits per heavy atom. The molecular formula is C11H13N3O4. The van der Waals surface area contributed by atoms with Gasteiger partial charge in [0.15, 0.2) is 0 Å². The summed E-state index contributed by atoms with van der Waals surface area (Å²) in [5.41, 5.74) is 0.436. The van der Waals surface area contributed by atoms with Crippen LogP contribution in [0, 0.1) is 10.1 Å². The normalized spacial score (nSPS) is 18.7. The molecular weight excluding hydrogens is 238 g/mol. The maximum atomic E-state index is 10.8. The number of carboxylic acid groups (broad SMARTS) is 1. The van der Waals surface area contributed by atoms with Gasteiger partial charge in [-0.1, -0.05) is 12.1 Å². The third-order valence-electron chi connectivity index (χ3n) is 2.92. The Morgan fingerprint density at radius 1 is 1.50 bits per heavy atom. The minimum Gasteiger partial charge on any atom is -0.465 e. The van der Waals surface area contributed by atoms with Crippen molar-refractivity contribution in [1.82, 2.24) is 4.90 Å². The largest absolute Gasteiger partial charge is 0.465 e. The fraction of sp³-hybridized carbons (Fsp3) is 0.364. The fourth-order valence-electron chi connectivity index (χ4n) is 2.03. The van der Waals surface area contributed by atoms with E-state index >= 15 is 0 Å². The maximum Gasteiger partial charge on any atom is 0.407 e. The highest BCUT2D eigenvalue weighted by Crippen LogP contribution is 2.25. The summed E-state index contributed by atoms with van der Waals surface area (Å²) < 4.78 is 0. The molecule has 96 valence electrons. The number of likely N-dealkylation sites (tertiary alicyclic amines) is 1. The molecule has 1 aliphatic heterocycles. The molecule has 1 heterocycles. The van der Waals surface area contributed by atoms with Crippen LogP contribution in [0.5, 0.6) is 0 Å². The molecule has 0 saturated carbocycles. The Kier molecular flexibility index (Phi) is 3.31. The van der Waals surface area contributed by atoms with Gasteiger partial charge in [0.25, 0.3) is 5.69 Å². The minimum absolute atomic E-state index is 0.00581. The molecule has 1 aliphatic rings. The second-order valence-electron chi connectivity index (χ2n) is 4.13. The van der Waals surface area contributed by atoms with Crippen LogP contribution in [0.2, 0.25) is 0 Å². The number of nitro benzene ring substituents is 1. The summed E-state index contributed by atoms with van der Waals surface area (Å²) in [6.07, 6.45) is -0.305. The van der Waals surface area contributed by atoms with Gasteiger partial charge in [0.2, 0.25) is 0 Å². The second-order valence-corrected chi connectivity index (χ2v) is 4.13. The van der Waals surface area contributed by atoms with E-state index in [1.807, 2.05) is 0 Å². The summed E-state index contributed by atoms with van der Waals surface area (Å²) in [4.78, 5) is 22.4. The summed E-state index contributed by atoms with van der Waals surface area (Å²) in [5.74, 6) is 0. The number of carbonyl (C=O) groups is 1. The van der Waals surface area contributed by atoms with E-state index in [-0.39, 0.29) is 11.7 Å². The van der Waals surface area contributed by atoms with Crippen molar-refractivity contribution in [2.24, 2.45) is 0 Å². The number of para-hydroxylation sites is 2. The number of amides is 1. The lowest BCUT2D eigenvalue weighted by molar-refractivity contribution is -0.384. The van der Waals surface area contributed by atoms with Gasteiger partial charge in [-0.15, -0.1) is 0 Å². The molecule has 7 nitrogen and oxygen atoms in total. The lowest BCUT2D eigenvalue weighted by atomic mass is 10.2. The van der Waals surface area contributed by atoms with Crippen molar-refractivity contribution in [3.05, 3.63) is 34.4 Å². The van der Waals surface area contributed by atoms with E-state index < -0.39 is 11.0 Å². The average molecular weight is 251 g/mol. The quantitative estimate of drug-likeness (QED) is 0.630. The van der Waals surface area contributed by atoms with Gasteiger partial charge in [0.1, 0.15) is 5.69 Å². The highest BCUT2D eigenvalue weighted by atomic mass is 16.6. The molecule has 7 heteroatoms. The highest BCUT2D eigenvalue weighted by Gasteiger charge is 2.27. The molecule has 1 amide bonds. The van der Waals surface area contributed by atoms with Crippen molar-refractivity contribution in [1.29, 1.82) is 0 Å². The van der Waals surface area contributed by atoms with Crippen LogP contribution in [0.4, 0.5) is 16.2 Å². The molecule has 0 spiro atoms. The summed E-state index contributed by atoms with van der Waals surface area (Å²) in [7, 11) is 0. The van der Waals surface area contributed by atoms with Crippen molar-refractivity contribution in [2.45, 2.75) is 12.5 Å². The predicted molar refractivity (Wildman–Crippen MR) is 64.7 cm³/mol. The molecule has 0 aromatic heterocycles. The topological polar surface area (TPSA) is 95.7 Å². The third kappa shape index (κ3) is 2.50. The van der Waals surface area contributed by atoms with Crippen molar-refractivity contribution in [3.8, 4) is 0 Å². The first kappa shape index (κ1) is 12.2. The number of anilines is 1. The second kappa shape index (κ2) is 4.91. The monoisotopic (exact) mass is 251 g/mol. The number of nitrogens with one attached hydrogen (secondary N) is 1. The first-order valence-corrected chi connectivity index (χ1v) is 5.56.